The summed E-state index contributed by atoms with van der Waals surface area (Å²) in [6.07, 6.45) is 3.19. The number of hydrogen-bond acceptors (Lipinski definition) is 4. The Morgan fingerprint density at radius 3 is 2.74 bits per heavy atom. The molecule has 0 saturated heterocycles. The fourth-order valence-corrected chi connectivity index (χ4v) is 1.81. The van der Waals surface area contributed by atoms with Gasteiger partial charge >= 0.3 is 0 Å². The predicted molar refractivity (Wildman–Crippen MR) is 78.3 cm³/mol. The zero-order valence-corrected chi connectivity index (χ0v) is 11.2. The fraction of sp³-hybridized carbons (Fsp3) is 0.143. The van der Waals surface area contributed by atoms with Gasteiger partial charge < -0.3 is 10.5 Å². The first-order chi connectivity index (χ1) is 9.11. The summed E-state index contributed by atoms with van der Waals surface area (Å²) in [5, 5.41) is 8.43. The van der Waals surface area contributed by atoms with E-state index in [4.69, 9.17) is 27.5 Å². The van der Waals surface area contributed by atoms with Gasteiger partial charge in [-0.3, -0.25) is 5.41 Å². The summed E-state index contributed by atoms with van der Waals surface area (Å²) in [6.45, 7) is 2.38. The topological polar surface area (TPSA) is 71.5 Å². The molecule has 0 saturated carbocycles. The molecule has 19 heavy (non-hydrogen) atoms. The first-order valence-corrected chi connectivity index (χ1v) is 6.23. The molecular formula is C14H14ClN3O. The highest BCUT2D eigenvalue weighted by atomic mass is 35.5. The van der Waals surface area contributed by atoms with Gasteiger partial charge in [0.05, 0.1) is 34.4 Å². The van der Waals surface area contributed by atoms with Crippen molar-refractivity contribution in [1.29, 1.82) is 5.41 Å². The average Bonchev–Trinajstić information content (AvgIpc) is 2.38. The van der Waals surface area contributed by atoms with E-state index in [1.54, 1.807) is 18.2 Å². The van der Waals surface area contributed by atoms with Crippen molar-refractivity contribution >= 4 is 28.7 Å². The normalized spacial score (nSPS) is 17.2. The molecule has 0 aromatic heterocycles. The lowest BCUT2D eigenvalue weighted by molar-refractivity contribution is 0.237. The van der Waals surface area contributed by atoms with Crippen LogP contribution in [0.1, 0.15) is 6.92 Å². The van der Waals surface area contributed by atoms with E-state index in [1.807, 2.05) is 19.1 Å². The Bertz CT molecular complexity index is 602. The molecule has 98 valence electrons. The molecule has 0 unspecified atom stereocenters. The predicted octanol–water partition coefficient (Wildman–Crippen LogP) is 3.21. The van der Waals surface area contributed by atoms with Gasteiger partial charge in [0, 0.05) is 6.08 Å². The number of nitrogens with zero attached hydrogens (tertiary/aromatic N) is 1. The molecule has 3 N–H and O–H groups in total. The van der Waals surface area contributed by atoms with Crippen molar-refractivity contribution in [2.24, 2.45) is 10.7 Å². The van der Waals surface area contributed by atoms with Crippen LogP contribution in [0.15, 0.2) is 52.9 Å². The maximum Gasteiger partial charge on any atom is 0.144 e. The van der Waals surface area contributed by atoms with E-state index in [1.165, 1.54) is 6.08 Å². The molecule has 0 aliphatic heterocycles. The minimum atomic E-state index is 0.237. The van der Waals surface area contributed by atoms with E-state index in [2.05, 4.69) is 4.99 Å². The van der Waals surface area contributed by atoms with E-state index < -0.39 is 0 Å². The number of nitrogens with one attached hydrogen (secondary N) is 1. The summed E-state index contributed by atoms with van der Waals surface area (Å²) in [5.41, 5.74) is 7.55. The zero-order valence-electron chi connectivity index (χ0n) is 10.5. The van der Waals surface area contributed by atoms with Crippen LogP contribution in [0.25, 0.3) is 0 Å². The number of nitrogens with two attached hydrogens (primary N) is 1. The van der Waals surface area contributed by atoms with Gasteiger partial charge in [-0.2, -0.15) is 0 Å². The lowest BCUT2D eigenvalue weighted by Crippen LogP contribution is -2.19. The third-order valence-electron chi connectivity index (χ3n) is 2.52. The molecule has 1 aliphatic rings. The van der Waals surface area contributed by atoms with Crippen LogP contribution in [0, 0.1) is 5.41 Å². The molecule has 0 heterocycles. The van der Waals surface area contributed by atoms with Crippen LogP contribution in [0.4, 0.5) is 5.69 Å². The van der Waals surface area contributed by atoms with Gasteiger partial charge in [-0.1, -0.05) is 23.7 Å². The number of ether oxygens (including phenoxy) is 1. The molecule has 0 radical (unpaired) electrons. The average molecular weight is 276 g/mol. The summed E-state index contributed by atoms with van der Waals surface area (Å²) < 4.78 is 5.40. The maximum atomic E-state index is 7.89. The van der Waals surface area contributed by atoms with E-state index in [-0.39, 0.29) is 5.71 Å². The van der Waals surface area contributed by atoms with Crippen LogP contribution in [0.5, 0.6) is 0 Å². The van der Waals surface area contributed by atoms with Gasteiger partial charge in [-0.25, -0.2) is 4.99 Å². The molecule has 4 nitrogen and oxygen atoms in total. The molecule has 0 spiro atoms. The number of allylic oxidation sites excluding steroid dienone is 2. The van der Waals surface area contributed by atoms with Crippen LogP contribution >= 0.6 is 11.6 Å². The number of rotatable bonds is 3. The summed E-state index contributed by atoms with van der Waals surface area (Å²) in [7, 11) is 0. The first-order valence-electron chi connectivity index (χ1n) is 5.86. The molecule has 0 fully saturated rings. The quantitative estimate of drug-likeness (QED) is 0.832. The second-order valence-electron chi connectivity index (χ2n) is 3.90. The monoisotopic (exact) mass is 275 g/mol. The fourth-order valence-electron chi connectivity index (χ4n) is 1.63. The Balaban J connectivity index is 2.39. The van der Waals surface area contributed by atoms with E-state index in [9.17, 15) is 0 Å². The van der Waals surface area contributed by atoms with Gasteiger partial charge in [0.25, 0.3) is 0 Å². The van der Waals surface area contributed by atoms with E-state index in [0.717, 1.165) is 0 Å². The highest BCUT2D eigenvalue weighted by molar-refractivity contribution is 6.51. The van der Waals surface area contributed by atoms with E-state index >= 15 is 0 Å². The second-order valence-corrected chi connectivity index (χ2v) is 4.31. The molecular weight excluding hydrogens is 262 g/mol. The van der Waals surface area contributed by atoms with Crippen molar-refractivity contribution in [3.05, 3.63) is 52.9 Å². The molecule has 1 aromatic rings. The van der Waals surface area contributed by atoms with Crippen molar-refractivity contribution < 1.29 is 4.74 Å². The highest BCUT2D eigenvalue weighted by Crippen LogP contribution is 2.25. The number of benzene rings is 1. The lowest BCUT2D eigenvalue weighted by atomic mass is 10.1. The molecule has 0 amide bonds. The third kappa shape index (κ3) is 3.03. The standard InChI is InChI=1S/C14H14ClN3O/c1-2-19-14-8-13(10(16)7-11(14)17)18-12-6-4-3-5-9(12)15/h3-8,16H,2,17H2,1H3. The Morgan fingerprint density at radius 2 is 2.05 bits per heavy atom. The van der Waals surface area contributed by atoms with Gasteiger partial charge in [0.1, 0.15) is 5.76 Å². The molecule has 2 rings (SSSR count). The Morgan fingerprint density at radius 1 is 1.32 bits per heavy atom. The van der Waals surface area contributed by atoms with Crippen molar-refractivity contribution in [3.63, 3.8) is 0 Å². The molecule has 1 aliphatic carbocycles. The summed E-state index contributed by atoms with van der Waals surface area (Å²) in [6, 6.07) is 7.22. The largest absolute Gasteiger partial charge is 0.492 e. The molecule has 0 atom stereocenters. The molecule has 5 heteroatoms. The van der Waals surface area contributed by atoms with E-state index in [0.29, 0.717) is 34.5 Å². The lowest BCUT2D eigenvalue weighted by Gasteiger charge is -2.14. The number of para-hydroxylation sites is 1. The summed E-state index contributed by atoms with van der Waals surface area (Å²) in [4.78, 5) is 4.37. The molecule has 0 bridgehead atoms. The number of aliphatic imine (C=N–C) groups is 1. The van der Waals surface area contributed by atoms with Crippen molar-refractivity contribution in [2.45, 2.75) is 6.92 Å². The van der Waals surface area contributed by atoms with Gasteiger partial charge in [-0.05, 0) is 25.1 Å². The van der Waals surface area contributed by atoms with Gasteiger partial charge in [-0.15, -0.1) is 0 Å². The van der Waals surface area contributed by atoms with Crippen LogP contribution in [-0.4, -0.2) is 18.0 Å². The summed E-state index contributed by atoms with van der Waals surface area (Å²) in [5.74, 6) is 0.532. The first kappa shape index (κ1) is 13.4. The van der Waals surface area contributed by atoms with Gasteiger partial charge in [0.2, 0.25) is 0 Å². The Kier molecular flexibility index (Phi) is 4.02. The van der Waals surface area contributed by atoms with Crippen molar-refractivity contribution in [3.8, 4) is 0 Å². The minimum absolute atomic E-state index is 0.237. The third-order valence-corrected chi connectivity index (χ3v) is 2.84. The van der Waals surface area contributed by atoms with Crippen LogP contribution < -0.4 is 5.73 Å². The Hall–Kier alpha value is -2.07. The maximum absolute atomic E-state index is 7.89. The molecule has 1 aromatic carbocycles. The SMILES string of the molecule is CCOC1=CC(=Nc2ccccc2Cl)C(=N)C=C1N. The van der Waals surface area contributed by atoms with Crippen molar-refractivity contribution in [1.82, 2.24) is 0 Å². The van der Waals surface area contributed by atoms with Crippen LogP contribution in [-0.2, 0) is 4.74 Å². The van der Waals surface area contributed by atoms with Gasteiger partial charge in [0.15, 0.2) is 0 Å². The zero-order chi connectivity index (χ0) is 13.8. The second kappa shape index (κ2) is 5.71. The Labute approximate surface area is 116 Å². The van der Waals surface area contributed by atoms with Crippen LogP contribution in [0.3, 0.4) is 0 Å². The highest BCUT2D eigenvalue weighted by Gasteiger charge is 2.15. The van der Waals surface area contributed by atoms with Crippen LogP contribution in [0.2, 0.25) is 5.02 Å². The smallest absolute Gasteiger partial charge is 0.144 e. The van der Waals surface area contributed by atoms with Crippen molar-refractivity contribution in [2.75, 3.05) is 6.61 Å². The number of halogens is 1. The number of hydrogen-bond donors (Lipinski definition) is 2. The minimum Gasteiger partial charge on any atom is -0.492 e. The summed E-state index contributed by atoms with van der Waals surface area (Å²) >= 11 is 6.05.